The maximum atomic E-state index is 12.0. The largest absolute Gasteiger partial charge is 0.467 e. The summed E-state index contributed by atoms with van der Waals surface area (Å²) in [6.45, 7) is 1.80. The van der Waals surface area contributed by atoms with E-state index in [0.29, 0.717) is 23.1 Å². The molecule has 0 aliphatic carbocycles. The molecule has 0 spiro atoms. The van der Waals surface area contributed by atoms with Crippen molar-refractivity contribution in [3.8, 4) is 5.69 Å². The molecule has 2 N–H and O–H groups in total. The molecule has 3 rings (SSSR count). The zero-order valence-electron chi connectivity index (χ0n) is 14.0. The van der Waals surface area contributed by atoms with Crippen LogP contribution in [0.4, 0.5) is 5.69 Å². The predicted octanol–water partition coefficient (Wildman–Crippen LogP) is 2.23. The highest BCUT2D eigenvalue weighted by atomic mass is 32.2. The van der Waals surface area contributed by atoms with Crippen molar-refractivity contribution in [2.24, 2.45) is 0 Å². The van der Waals surface area contributed by atoms with Gasteiger partial charge in [0.1, 0.15) is 12.1 Å². The quantitative estimate of drug-likeness (QED) is 0.618. The van der Waals surface area contributed by atoms with Gasteiger partial charge < -0.3 is 15.1 Å². The van der Waals surface area contributed by atoms with Gasteiger partial charge in [-0.3, -0.25) is 14.2 Å². The van der Waals surface area contributed by atoms with E-state index in [1.165, 1.54) is 18.7 Å². The molecule has 0 aliphatic rings. The summed E-state index contributed by atoms with van der Waals surface area (Å²) in [6, 6.07) is 10.9. The second-order valence-electron chi connectivity index (χ2n) is 5.36. The van der Waals surface area contributed by atoms with E-state index < -0.39 is 0 Å². The van der Waals surface area contributed by atoms with Crippen LogP contribution in [-0.4, -0.2) is 32.3 Å². The Morgan fingerprint density at radius 3 is 2.92 bits per heavy atom. The number of thioether (sulfide) groups is 1. The van der Waals surface area contributed by atoms with E-state index >= 15 is 0 Å². The highest BCUT2D eigenvalue weighted by Crippen LogP contribution is 2.21. The molecule has 0 saturated carbocycles. The maximum Gasteiger partial charge on any atom is 0.230 e. The van der Waals surface area contributed by atoms with E-state index in [-0.39, 0.29) is 17.6 Å². The summed E-state index contributed by atoms with van der Waals surface area (Å²) in [7, 11) is 0. The van der Waals surface area contributed by atoms with Crippen LogP contribution in [0.25, 0.3) is 5.69 Å². The van der Waals surface area contributed by atoms with Gasteiger partial charge in [-0.1, -0.05) is 17.8 Å². The number of aromatic nitrogens is 3. The number of anilines is 1. The van der Waals surface area contributed by atoms with E-state index in [9.17, 15) is 9.59 Å². The summed E-state index contributed by atoms with van der Waals surface area (Å²) in [5, 5.41) is 14.1. The van der Waals surface area contributed by atoms with Crippen molar-refractivity contribution in [3.63, 3.8) is 0 Å². The molecule has 8 nitrogen and oxygen atoms in total. The lowest BCUT2D eigenvalue weighted by molar-refractivity contribution is -0.118. The average molecular weight is 371 g/mol. The van der Waals surface area contributed by atoms with Crippen LogP contribution < -0.4 is 10.6 Å². The third-order valence-corrected chi connectivity index (χ3v) is 4.28. The molecular weight excluding hydrogens is 354 g/mol. The zero-order valence-corrected chi connectivity index (χ0v) is 14.8. The molecule has 2 heterocycles. The van der Waals surface area contributed by atoms with Crippen LogP contribution in [0.5, 0.6) is 0 Å². The number of carbonyl (C=O) groups is 2. The predicted molar refractivity (Wildman–Crippen MR) is 96.9 cm³/mol. The first-order valence-corrected chi connectivity index (χ1v) is 8.80. The third kappa shape index (κ3) is 4.73. The Balaban J connectivity index is 1.61. The molecule has 0 bridgehead atoms. The highest BCUT2D eigenvalue weighted by Gasteiger charge is 2.11. The molecule has 0 saturated heterocycles. The molecule has 0 aliphatic heterocycles. The molecule has 0 fully saturated rings. The van der Waals surface area contributed by atoms with Crippen molar-refractivity contribution in [2.45, 2.75) is 18.6 Å². The van der Waals surface area contributed by atoms with E-state index in [0.717, 1.165) is 5.69 Å². The van der Waals surface area contributed by atoms with Gasteiger partial charge in [0.2, 0.25) is 11.8 Å². The van der Waals surface area contributed by atoms with Gasteiger partial charge in [0, 0.05) is 12.6 Å². The number of carbonyl (C=O) groups excluding carboxylic acids is 2. The van der Waals surface area contributed by atoms with Crippen molar-refractivity contribution in [3.05, 3.63) is 54.7 Å². The Hall–Kier alpha value is -3.07. The summed E-state index contributed by atoms with van der Waals surface area (Å²) < 4.78 is 6.93. The van der Waals surface area contributed by atoms with Gasteiger partial charge >= 0.3 is 0 Å². The molecule has 0 atom stereocenters. The number of furan rings is 1. The van der Waals surface area contributed by atoms with E-state index in [1.54, 1.807) is 35.4 Å². The third-order valence-electron chi connectivity index (χ3n) is 3.33. The van der Waals surface area contributed by atoms with Gasteiger partial charge in [0.15, 0.2) is 5.16 Å². The first-order chi connectivity index (χ1) is 12.6. The van der Waals surface area contributed by atoms with Gasteiger partial charge in [-0.2, -0.15) is 0 Å². The standard InChI is InChI=1S/C17H17N5O3S/c1-12(23)20-13-4-2-5-14(8-13)22-11-19-21-17(22)26-10-16(24)18-9-15-6-3-7-25-15/h2-8,11H,9-10H2,1H3,(H,18,24)(H,20,23). The van der Waals surface area contributed by atoms with Crippen LogP contribution in [0.1, 0.15) is 12.7 Å². The fraction of sp³-hybridized carbons (Fsp3) is 0.176. The molecule has 0 radical (unpaired) electrons. The molecule has 26 heavy (non-hydrogen) atoms. The van der Waals surface area contributed by atoms with Crippen LogP contribution in [0.15, 0.2) is 58.6 Å². The summed E-state index contributed by atoms with van der Waals surface area (Å²) in [5.41, 5.74) is 1.47. The number of nitrogens with one attached hydrogen (secondary N) is 2. The Morgan fingerprint density at radius 2 is 2.15 bits per heavy atom. The number of rotatable bonds is 7. The lowest BCUT2D eigenvalue weighted by atomic mass is 10.2. The Labute approximate surface area is 154 Å². The second kappa shape index (κ2) is 8.34. The number of hydrogen-bond acceptors (Lipinski definition) is 6. The van der Waals surface area contributed by atoms with Gasteiger partial charge in [-0.05, 0) is 30.3 Å². The maximum absolute atomic E-state index is 12.0. The molecule has 134 valence electrons. The van der Waals surface area contributed by atoms with E-state index in [4.69, 9.17) is 4.42 Å². The Bertz CT molecular complexity index is 891. The summed E-state index contributed by atoms with van der Waals surface area (Å²) in [5.74, 6) is 0.619. The number of benzene rings is 1. The fourth-order valence-electron chi connectivity index (χ4n) is 2.22. The molecule has 1 aromatic carbocycles. The monoisotopic (exact) mass is 371 g/mol. The lowest BCUT2D eigenvalue weighted by Gasteiger charge is -2.09. The highest BCUT2D eigenvalue weighted by molar-refractivity contribution is 7.99. The average Bonchev–Trinajstić information content (AvgIpc) is 3.29. The van der Waals surface area contributed by atoms with Crippen LogP contribution in [-0.2, 0) is 16.1 Å². The summed E-state index contributed by atoms with van der Waals surface area (Å²) in [4.78, 5) is 23.2. The Morgan fingerprint density at radius 1 is 1.27 bits per heavy atom. The zero-order chi connectivity index (χ0) is 18.4. The summed E-state index contributed by atoms with van der Waals surface area (Å²) in [6.07, 6.45) is 3.13. The van der Waals surface area contributed by atoms with Crippen molar-refractivity contribution < 1.29 is 14.0 Å². The van der Waals surface area contributed by atoms with Crippen molar-refractivity contribution in [1.82, 2.24) is 20.1 Å². The topological polar surface area (TPSA) is 102 Å². The number of hydrogen-bond donors (Lipinski definition) is 2. The minimum absolute atomic E-state index is 0.132. The van der Waals surface area contributed by atoms with Crippen LogP contribution in [0.2, 0.25) is 0 Å². The van der Waals surface area contributed by atoms with Crippen molar-refractivity contribution in [1.29, 1.82) is 0 Å². The summed E-state index contributed by atoms with van der Waals surface area (Å²) >= 11 is 1.27. The van der Waals surface area contributed by atoms with E-state index in [1.807, 2.05) is 18.2 Å². The van der Waals surface area contributed by atoms with Gasteiger partial charge in [-0.15, -0.1) is 10.2 Å². The molecule has 0 unspecified atom stereocenters. The number of amides is 2. The molecular formula is C17H17N5O3S. The normalized spacial score (nSPS) is 10.5. The molecule has 2 amide bonds. The number of nitrogens with zero attached hydrogens (tertiary/aromatic N) is 3. The van der Waals surface area contributed by atoms with Crippen molar-refractivity contribution in [2.75, 3.05) is 11.1 Å². The lowest BCUT2D eigenvalue weighted by Crippen LogP contribution is -2.24. The molecule has 2 aromatic heterocycles. The second-order valence-corrected chi connectivity index (χ2v) is 6.30. The molecule has 3 aromatic rings. The van der Waals surface area contributed by atoms with Gasteiger partial charge in [-0.25, -0.2) is 0 Å². The first-order valence-electron chi connectivity index (χ1n) is 7.82. The first kappa shape index (κ1) is 17.7. The Kier molecular flexibility index (Phi) is 5.69. The smallest absolute Gasteiger partial charge is 0.230 e. The minimum atomic E-state index is -0.145. The van der Waals surface area contributed by atoms with E-state index in [2.05, 4.69) is 20.8 Å². The van der Waals surface area contributed by atoms with Crippen LogP contribution in [0.3, 0.4) is 0 Å². The fourth-order valence-corrected chi connectivity index (χ4v) is 2.98. The van der Waals surface area contributed by atoms with Crippen LogP contribution >= 0.6 is 11.8 Å². The SMILES string of the molecule is CC(=O)Nc1cccc(-n2cnnc2SCC(=O)NCc2ccco2)c1. The van der Waals surface area contributed by atoms with Gasteiger partial charge in [0.25, 0.3) is 0 Å². The van der Waals surface area contributed by atoms with Gasteiger partial charge in [0.05, 0.1) is 24.2 Å². The minimum Gasteiger partial charge on any atom is -0.467 e. The molecule has 9 heteroatoms. The van der Waals surface area contributed by atoms with Crippen molar-refractivity contribution >= 4 is 29.3 Å². The van der Waals surface area contributed by atoms with Crippen LogP contribution in [0, 0.1) is 0 Å².